The largest absolute Gasteiger partial charge is 0.341 e. The summed E-state index contributed by atoms with van der Waals surface area (Å²) in [6, 6.07) is 3.81. The number of rotatable bonds is 6. The first kappa shape index (κ1) is 21.3. The van der Waals surface area contributed by atoms with E-state index in [1.54, 1.807) is 11.8 Å². The second-order valence-electron chi connectivity index (χ2n) is 7.43. The van der Waals surface area contributed by atoms with Gasteiger partial charge >= 0.3 is 5.69 Å². The average Bonchev–Trinajstić information content (AvgIpc) is 3.23. The summed E-state index contributed by atoms with van der Waals surface area (Å²) in [6.45, 7) is 4.48. The summed E-state index contributed by atoms with van der Waals surface area (Å²) in [5.41, 5.74) is -0.966. The monoisotopic (exact) mass is 422 g/mol. The number of benzene rings is 1. The van der Waals surface area contributed by atoms with E-state index in [0.29, 0.717) is 25.0 Å². The summed E-state index contributed by atoms with van der Waals surface area (Å²) in [6.07, 6.45) is 2.42. The van der Waals surface area contributed by atoms with Gasteiger partial charge in [-0.05, 0) is 44.4 Å². The molecule has 0 aliphatic carbocycles. The minimum Gasteiger partial charge on any atom is -0.341 e. The Morgan fingerprint density at radius 3 is 2.48 bits per heavy atom. The molecule has 158 valence electrons. The molecular weight excluding hydrogens is 396 g/mol. The molecule has 3 rings (SSSR count). The number of nitrogens with zero attached hydrogens (tertiary/aromatic N) is 3. The van der Waals surface area contributed by atoms with Crippen molar-refractivity contribution in [1.29, 1.82) is 0 Å². The van der Waals surface area contributed by atoms with Crippen molar-refractivity contribution in [3.8, 4) is 0 Å². The fraction of sp³-hybridized carbons (Fsp3) is 0.526. The highest BCUT2D eigenvalue weighted by atomic mass is 32.2. The Morgan fingerprint density at radius 2 is 1.86 bits per heavy atom. The number of fused-ring (bicyclic) bond motifs is 1. The van der Waals surface area contributed by atoms with Gasteiger partial charge in [0.2, 0.25) is 15.9 Å². The van der Waals surface area contributed by atoms with Gasteiger partial charge in [0.25, 0.3) is 5.56 Å². The molecule has 1 amide bonds. The summed E-state index contributed by atoms with van der Waals surface area (Å²) in [4.78, 5) is 39.7. The van der Waals surface area contributed by atoms with Crippen molar-refractivity contribution in [1.82, 2.24) is 18.8 Å². The Bertz CT molecular complexity index is 1160. The number of likely N-dealkylation sites (tertiary alicyclic amines) is 1. The van der Waals surface area contributed by atoms with Crippen molar-refractivity contribution < 1.29 is 13.2 Å². The lowest BCUT2D eigenvalue weighted by molar-refractivity contribution is -0.130. The second kappa shape index (κ2) is 8.11. The number of nitrogens with one attached hydrogen (secondary N) is 1. The van der Waals surface area contributed by atoms with Crippen molar-refractivity contribution in [3.05, 3.63) is 39.0 Å². The third kappa shape index (κ3) is 4.13. The number of aromatic nitrogens is 2. The van der Waals surface area contributed by atoms with Gasteiger partial charge in [0.15, 0.2) is 0 Å². The van der Waals surface area contributed by atoms with E-state index in [4.69, 9.17) is 0 Å². The molecule has 1 aliphatic rings. The number of carbonyl (C=O) groups is 1. The first-order valence-corrected chi connectivity index (χ1v) is 11.2. The van der Waals surface area contributed by atoms with Crippen molar-refractivity contribution >= 4 is 26.8 Å². The molecule has 1 aliphatic heterocycles. The van der Waals surface area contributed by atoms with Gasteiger partial charge in [0.1, 0.15) is 6.54 Å². The number of sulfonamides is 1. The van der Waals surface area contributed by atoms with Gasteiger partial charge in [0, 0.05) is 26.2 Å². The van der Waals surface area contributed by atoms with Crippen LogP contribution in [0.5, 0.6) is 0 Å². The quantitative estimate of drug-likeness (QED) is 0.725. The van der Waals surface area contributed by atoms with E-state index in [0.717, 1.165) is 17.4 Å². The SMILES string of the molecule is CCC(C)NS(=O)(=O)c1ccc2c(c1)c(=O)n(CC(=O)N1CCCC1)c(=O)n2C. The molecule has 0 radical (unpaired) electrons. The highest BCUT2D eigenvalue weighted by molar-refractivity contribution is 7.89. The number of hydrogen-bond donors (Lipinski definition) is 1. The number of carbonyl (C=O) groups excluding carboxylic acids is 1. The van der Waals surface area contributed by atoms with Crippen LogP contribution in [0.4, 0.5) is 0 Å². The lowest BCUT2D eigenvalue weighted by atomic mass is 10.2. The maximum absolute atomic E-state index is 13.0. The van der Waals surface area contributed by atoms with Crippen LogP contribution in [-0.2, 0) is 28.4 Å². The van der Waals surface area contributed by atoms with Crippen LogP contribution in [0.3, 0.4) is 0 Å². The van der Waals surface area contributed by atoms with Crippen molar-refractivity contribution in [2.75, 3.05) is 13.1 Å². The van der Waals surface area contributed by atoms with E-state index in [-0.39, 0.29) is 28.8 Å². The van der Waals surface area contributed by atoms with Crippen molar-refractivity contribution in [2.45, 2.75) is 50.6 Å². The molecule has 1 N–H and O–H groups in total. The van der Waals surface area contributed by atoms with Crippen molar-refractivity contribution in [3.63, 3.8) is 0 Å². The Morgan fingerprint density at radius 1 is 1.21 bits per heavy atom. The zero-order valence-corrected chi connectivity index (χ0v) is 17.7. The lowest BCUT2D eigenvalue weighted by Gasteiger charge is -2.17. The number of aryl methyl sites for hydroxylation is 1. The van der Waals surface area contributed by atoms with Crippen LogP contribution in [0.25, 0.3) is 10.9 Å². The van der Waals surface area contributed by atoms with Crippen LogP contribution in [0.2, 0.25) is 0 Å². The molecule has 0 saturated carbocycles. The highest BCUT2D eigenvalue weighted by Gasteiger charge is 2.22. The van der Waals surface area contributed by atoms with Crippen LogP contribution in [-0.4, -0.2) is 47.5 Å². The predicted molar refractivity (Wildman–Crippen MR) is 109 cm³/mol. The van der Waals surface area contributed by atoms with Gasteiger partial charge in [-0.15, -0.1) is 0 Å². The molecule has 29 heavy (non-hydrogen) atoms. The zero-order chi connectivity index (χ0) is 21.3. The van der Waals surface area contributed by atoms with Gasteiger partial charge in [-0.2, -0.15) is 0 Å². The van der Waals surface area contributed by atoms with Crippen molar-refractivity contribution in [2.24, 2.45) is 7.05 Å². The topological polar surface area (TPSA) is 110 Å². The Kier molecular flexibility index (Phi) is 5.95. The molecule has 1 aromatic heterocycles. The van der Waals surface area contributed by atoms with Crippen LogP contribution < -0.4 is 16.0 Å². The second-order valence-corrected chi connectivity index (χ2v) is 9.14. The third-order valence-electron chi connectivity index (χ3n) is 5.35. The van der Waals surface area contributed by atoms with E-state index in [9.17, 15) is 22.8 Å². The highest BCUT2D eigenvalue weighted by Crippen LogP contribution is 2.16. The maximum atomic E-state index is 13.0. The van der Waals surface area contributed by atoms with E-state index < -0.39 is 21.3 Å². The molecule has 0 bridgehead atoms. The lowest BCUT2D eigenvalue weighted by Crippen LogP contribution is -2.44. The van der Waals surface area contributed by atoms with E-state index in [2.05, 4.69) is 4.72 Å². The molecule has 2 heterocycles. The first-order chi connectivity index (χ1) is 13.7. The maximum Gasteiger partial charge on any atom is 0.331 e. The molecule has 1 saturated heterocycles. The van der Waals surface area contributed by atoms with Gasteiger partial charge < -0.3 is 4.90 Å². The Hall–Kier alpha value is -2.46. The Balaban J connectivity index is 2.09. The minimum atomic E-state index is -3.81. The number of hydrogen-bond acceptors (Lipinski definition) is 5. The molecule has 1 atom stereocenters. The Labute approximate surface area is 169 Å². The summed E-state index contributed by atoms with van der Waals surface area (Å²) in [5, 5.41) is 0.0772. The normalized spacial score (nSPS) is 15.8. The zero-order valence-electron chi connectivity index (χ0n) is 16.8. The van der Waals surface area contributed by atoms with Gasteiger partial charge in [-0.25, -0.2) is 17.9 Å². The third-order valence-corrected chi connectivity index (χ3v) is 6.94. The van der Waals surface area contributed by atoms with Gasteiger partial charge in [-0.1, -0.05) is 6.92 Å². The molecular formula is C19H26N4O5S. The summed E-state index contributed by atoms with van der Waals surface area (Å²) in [7, 11) is -2.32. The molecule has 2 aromatic rings. The molecule has 1 aromatic carbocycles. The molecule has 1 unspecified atom stereocenters. The smallest absolute Gasteiger partial charge is 0.331 e. The summed E-state index contributed by atoms with van der Waals surface area (Å²) < 4.78 is 29.9. The average molecular weight is 423 g/mol. The molecule has 9 nitrogen and oxygen atoms in total. The summed E-state index contributed by atoms with van der Waals surface area (Å²) in [5.74, 6) is -0.289. The van der Waals surface area contributed by atoms with Crippen LogP contribution in [0.1, 0.15) is 33.1 Å². The van der Waals surface area contributed by atoms with E-state index in [1.807, 2.05) is 6.92 Å². The standard InChI is InChI=1S/C19H26N4O5S/c1-4-13(2)20-29(27,28)14-7-8-16-15(11-14)18(25)23(19(26)21(16)3)12-17(24)22-9-5-6-10-22/h7-8,11,13,20H,4-6,9-10,12H2,1-3H3. The van der Waals surface area contributed by atoms with Gasteiger partial charge in [0.05, 0.1) is 15.8 Å². The molecule has 1 fully saturated rings. The van der Waals surface area contributed by atoms with E-state index in [1.165, 1.54) is 29.8 Å². The first-order valence-electron chi connectivity index (χ1n) is 9.69. The molecule has 10 heteroatoms. The summed E-state index contributed by atoms with van der Waals surface area (Å²) >= 11 is 0. The van der Waals surface area contributed by atoms with Crippen LogP contribution >= 0.6 is 0 Å². The minimum absolute atomic E-state index is 0.0570. The molecule has 0 spiro atoms. The van der Waals surface area contributed by atoms with Crippen LogP contribution in [0.15, 0.2) is 32.7 Å². The van der Waals surface area contributed by atoms with E-state index >= 15 is 0 Å². The van der Waals surface area contributed by atoms with Crippen LogP contribution in [0, 0.1) is 0 Å². The fourth-order valence-electron chi connectivity index (χ4n) is 3.42. The van der Waals surface area contributed by atoms with Gasteiger partial charge in [-0.3, -0.25) is 18.7 Å². The predicted octanol–water partition coefficient (Wildman–Crippen LogP) is 0.399. The fourth-order valence-corrected chi connectivity index (χ4v) is 4.77. The number of amides is 1.